The number of piperidine rings is 1. The molecular formula is C14H21N3O3. The lowest BCUT2D eigenvalue weighted by atomic mass is 9.86. The van der Waals surface area contributed by atoms with E-state index in [1.54, 1.807) is 17.4 Å². The van der Waals surface area contributed by atoms with Gasteiger partial charge in [-0.1, -0.05) is 0 Å². The van der Waals surface area contributed by atoms with Crippen molar-refractivity contribution in [2.24, 2.45) is 5.92 Å². The third-order valence-electron chi connectivity index (χ3n) is 3.90. The topological polar surface area (TPSA) is 75.4 Å². The van der Waals surface area contributed by atoms with Crippen LogP contribution in [0.5, 0.6) is 0 Å². The van der Waals surface area contributed by atoms with Gasteiger partial charge < -0.3 is 14.6 Å². The molecular weight excluding hydrogens is 258 g/mol. The van der Waals surface area contributed by atoms with Crippen molar-refractivity contribution < 1.29 is 14.7 Å². The largest absolute Gasteiger partial charge is 0.481 e. The number of aliphatic carboxylic acids is 1. The van der Waals surface area contributed by atoms with Crippen LogP contribution >= 0.6 is 0 Å². The Bertz CT molecular complexity index is 510. The number of carbonyl (C=O) groups excluding carboxylic acids is 1. The highest BCUT2D eigenvalue weighted by atomic mass is 16.4. The van der Waals surface area contributed by atoms with Crippen LogP contribution in [-0.2, 0) is 16.1 Å². The Morgan fingerprint density at radius 3 is 2.80 bits per heavy atom. The number of carboxylic acid groups (broad SMARTS) is 1. The monoisotopic (exact) mass is 279 g/mol. The Morgan fingerprint density at radius 1 is 1.55 bits per heavy atom. The van der Waals surface area contributed by atoms with Crippen LogP contribution in [0, 0.1) is 5.92 Å². The molecule has 0 bridgehead atoms. The van der Waals surface area contributed by atoms with E-state index in [0.717, 1.165) is 5.69 Å². The van der Waals surface area contributed by atoms with Crippen molar-refractivity contribution in [2.75, 3.05) is 0 Å². The second-order valence-corrected chi connectivity index (χ2v) is 5.43. The molecule has 0 saturated carbocycles. The van der Waals surface area contributed by atoms with Crippen molar-refractivity contribution >= 4 is 11.9 Å². The van der Waals surface area contributed by atoms with E-state index in [-0.39, 0.29) is 11.9 Å². The van der Waals surface area contributed by atoms with Crippen molar-refractivity contribution in [1.29, 1.82) is 0 Å². The number of imidazole rings is 1. The predicted molar refractivity (Wildman–Crippen MR) is 73.0 cm³/mol. The van der Waals surface area contributed by atoms with Gasteiger partial charge in [-0.15, -0.1) is 0 Å². The van der Waals surface area contributed by atoms with Crippen LogP contribution in [0.3, 0.4) is 0 Å². The van der Waals surface area contributed by atoms with Gasteiger partial charge in [0.1, 0.15) is 0 Å². The third-order valence-corrected chi connectivity index (χ3v) is 3.90. The highest BCUT2D eigenvalue weighted by Crippen LogP contribution is 2.38. The Hall–Kier alpha value is -1.85. The number of carbonyl (C=O) groups is 2. The molecule has 6 heteroatoms. The molecule has 1 aromatic rings. The fourth-order valence-electron chi connectivity index (χ4n) is 2.97. The number of nitrogens with zero attached hydrogens (tertiary/aromatic N) is 3. The summed E-state index contributed by atoms with van der Waals surface area (Å²) >= 11 is 0. The van der Waals surface area contributed by atoms with Crippen LogP contribution in [0.25, 0.3) is 0 Å². The minimum Gasteiger partial charge on any atom is -0.481 e. The summed E-state index contributed by atoms with van der Waals surface area (Å²) in [6.45, 7) is 6.52. The number of amides is 1. The summed E-state index contributed by atoms with van der Waals surface area (Å²) in [5.41, 5.74) is 0.807. The maximum Gasteiger partial charge on any atom is 0.309 e. The molecule has 1 fully saturated rings. The zero-order valence-electron chi connectivity index (χ0n) is 12.1. The van der Waals surface area contributed by atoms with E-state index < -0.39 is 17.9 Å². The molecule has 20 heavy (non-hydrogen) atoms. The summed E-state index contributed by atoms with van der Waals surface area (Å²) in [6.07, 6.45) is 4.05. The Kier molecular flexibility index (Phi) is 4.11. The maximum atomic E-state index is 12.2. The normalized spacial score (nSPS) is 23.4. The van der Waals surface area contributed by atoms with Gasteiger partial charge in [0.05, 0.1) is 30.2 Å². The predicted octanol–water partition coefficient (Wildman–Crippen LogP) is 1.68. The summed E-state index contributed by atoms with van der Waals surface area (Å²) in [5, 5.41) is 9.49. The summed E-state index contributed by atoms with van der Waals surface area (Å²) in [7, 11) is 0. The molecule has 1 saturated heterocycles. The van der Waals surface area contributed by atoms with Crippen LogP contribution in [0.2, 0.25) is 0 Å². The van der Waals surface area contributed by atoms with Gasteiger partial charge in [0, 0.05) is 19.0 Å². The van der Waals surface area contributed by atoms with Crippen LogP contribution in [-0.4, -0.2) is 37.5 Å². The van der Waals surface area contributed by atoms with E-state index >= 15 is 0 Å². The number of hydrogen-bond donors (Lipinski definition) is 1. The first-order valence-electron chi connectivity index (χ1n) is 7.01. The Labute approximate surface area is 118 Å². The second-order valence-electron chi connectivity index (χ2n) is 5.43. The highest BCUT2D eigenvalue weighted by molar-refractivity contribution is 5.81. The lowest BCUT2D eigenvalue weighted by Gasteiger charge is -2.42. The second kappa shape index (κ2) is 5.64. The molecule has 2 rings (SSSR count). The first-order chi connectivity index (χ1) is 9.47. The number of aryl methyl sites for hydroxylation is 1. The van der Waals surface area contributed by atoms with E-state index in [4.69, 9.17) is 0 Å². The molecule has 1 aliphatic rings. The molecule has 1 amide bonds. The van der Waals surface area contributed by atoms with E-state index in [1.807, 2.05) is 25.3 Å². The molecule has 0 spiro atoms. The summed E-state index contributed by atoms with van der Waals surface area (Å²) in [4.78, 5) is 29.6. The lowest BCUT2D eigenvalue weighted by molar-refractivity contribution is -0.153. The first kappa shape index (κ1) is 14.6. The van der Waals surface area contributed by atoms with Crippen molar-refractivity contribution in [3.05, 3.63) is 18.2 Å². The van der Waals surface area contributed by atoms with E-state index in [1.165, 1.54) is 0 Å². The van der Waals surface area contributed by atoms with Gasteiger partial charge in [-0.2, -0.15) is 0 Å². The van der Waals surface area contributed by atoms with Crippen LogP contribution in [0.1, 0.15) is 45.3 Å². The Balaban J connectivity index is 2.48. The molecule has 1 aliphatic heterocycles. The maximum absolute atomic E-state index is 12.2. The van der Waals surface area contributed by atoms with Crippen LogP contribution in [0.4, 0.5) is 0 Å². The SMILES string of the molecule is CCn1cncc1C1C(C(=O)O)CCC(=O)N1C(C)C. The molecule has 1 N–H and O–H groups in total. The third kappa shape index (κ3) is 2.42. The van der Waals surface area contributed by atoms with Crippen molar-refractivity contribution in [3.8, 4) is 0 Å². The molecule has 2 unspecified atom stereocenters. The van der Waals surface area contributed by atoms with Crippen molar-refractivity contribution in [2.45, 2.75) is 52.2 Å². The van der Waals surface area contributed by atoms with Gasteiger partial charge in [0.15, 0.2) is 0 Å². The highest BCUT2D eigenvalue weighted by Gasteiger charge is 2.43. The van der Waals surface area contributed by atoms with E-state index in [9.17, 15) is 14.7 Å². The van der Waals surface area contributed by atoms with E-state index in [2.05, 4.69) is 4.98 Å². The molecule has 1 aromatic heterocycles. The fraction of sp³-hybridized carbons (Fsp3) is 0.643. The fourth-order valence-corrected chi connectivity index (χ4v) is 2.97. The van der Waals surface area contributed by atoms with Crippen LogP contribution < -0.4 is 0 Å². The minimum absolute atomic E-state index is 0.0198. The number of carboxylic acids is 1. The quantitative estimate of drug-likeness (QED) is 0.909. The molecule has 2 atom stereocenters. The number of aromatic nitrogens is 2. The molecule has 0 aliphatic carbocycles. The standard InChI is InChI=1S/C14H21N3O3/c1-4-16-8-15-7-11(16)13-10(14(19)20)5-6-12(18)17(13)9(2)3/h7-10,13H,4-6H2,1-3H3,(H,19,20). The van der Waals surface area contributed by atoms with Gasteiger partial charge in [0.25, 0.3) is 0 Å². The van der Waals surface area contributed by atoms with Gasteiger partial charge in [-0.3, -0.25) is 9.59 Å². The molecule has 0 radical (unpaired) electrons. The molecule has 0 aromatic carbocycles. The lowest BCUT2D eigenvalue weighted by Crippen LogP contribution is -2.49. The first-order valence-corrected chi connectivity index (χ1v) is 7.01. The smallest absolute Gasteiger partial charge is 0.309 e. The summed E-state index contributed by atoms with van der Waals surface area (Å²) in [5.74, 6) is -1.40. The van der Waals surface area contributed by atoms with Gasteiger partial charge in [0.2, 0.25) is 5.91 Å². The van der Waals surface area contributed by atoms with E-state index in [0.29, 0.717) is 19.4 Å². The Morgan fingerprint density at radius 2 is 2.25 bits per heavy atom. The molecule has 2 heterocycles. The summed E-state index contributed by atoms with van der Waals surface area (Å²) in [6, 6.07) is -0.467. The zero-order chi connectivity index (χ0) is 14.9. The molecule has 110 valence electrons. The van der Waals surface area contributed by atoms with Gasteiger partial charge in [-0.05, 0) is 27.2 Å². The number of hydrogen-bond acceptors (Lipinski definition) is 3. The molecule has 6 nitrogen and oxygen atoms in total. The average Bonchev–Trinajstić information content (AvgIpc) is 2.85. The summed E-state index contributed by atoms with van der Waals surface area (Å²) < 4.78 is 1.91. The van der Waals surface area contributed by atoms with Crippen molar-refractivity contribution in [3.63, 3.8) is 0 Å². The number of likely N-dealkylation sites (tertiary alicyclic amines) is 1. The number of rotatable bonds is 4. The van der Waals surface area contributed by atoms with Gasteiger partial charge >= 0.3 is 5.97 Å². The average molecular weight is 279 g/mol. The minimum atomic E-state index is -0.850. The van der Waals surface area contributed by atoms with Crippen LogP contribution in [0.15, 0.2) is 12.5 Å². The zero-order valence-corrected chi connectivity index (χ0v) is 12.1. The van der Waals surface area contributed by atoms with Gasteiger partial charge in [-0.25, -0.2) is 4.98 Å². The van der Waals surface area contributed by atoms with Crippen molar-refractivity contribution in [1.82, 2.24) is 14.5 Å².